The summed E-state index contributed by atoms with van der Waals surface area (Å²) in [4.78, 5) is 13.6. The van der Waals surface area contributed by atoms with Gasteiger partial charge in [0.1, 0.15) is 5.82 Å². The SMILES string of the molecule is COc1ccc(N2C(=O)NCC2c2cccc(F)c2)cc1O. The number of halogens is 1. The Morgan fingerprint density at radius 3 is 2.82 bits per heavy atom. The molecule has 2 aromatic carbocycles. The van der Waals surface area contributed by atoms with Gasteiger partial charge in [-0.1, -0.05) is 12.1 Å². The number of carbonyl (C=O) groups excluding carboxylic acids is 1. The third kappa shape index (κ3) is 2.43. The Morgan fingerprint density at radius 1 is 1.32 bits per heavy atom. The van der Waals surface area contributed by atoms with Gasteiger partial charge in [0.25, 0.3) is 0 Å². The molecule has 0 aromatic heterocycles. The van der Waals surface area contributed by atoms with Crippen molar-refractivity contribution in [3.8, 4) is 11.5 Å². The Labute approximate surface area is 126 Å². The lowest BCUT2D eigenvalue weighted by molar-refractivity contribution is 0.251. The Hall–Kier alpha value is -2.76. The molecule has 0 aliphatic carbocycles. The molecular weight excluding hydrogens is 287 g/mol. The molecule has 114 valence electrons. The zero-order valence-corrected chi connectivity index (χ0v) is 11.9. The lowest BCUT2D eigenvalue weighted by atomic mass is 10.1. The molecule has 0 spiro atoms. The standard InChI is InChI=1S/C16H15FN2O3/c1-22-15-6-5-12(8-14(15)20)19-13(9-18-16(19)21)10-3-2-4-11(17)7-10/h2-8,13,20H,9H2,1H3,(H,18,21). The van der Waals surface area contributed by atoms with Gasteiger partial charge in [0, 0.05) is 12.6 Å². The zero-order chi connectivity index (χ0) is 15.7. The van der Waals surface area contributed by atoms with Crippen LogP contribution in [-0.2, 0) is 0 Å². The van der Waals surface area contributed by atoms with Crippen molar-refractivity contribution >= 4 is 11.7 Å². The molecule has 1 aliphatic heterocycles. The van der Waals surface area contributed by atoms with Crippen LogP contribution in [0.25, 0.3) is 0 Å². The molecule has 1 atom stereocenters. The fourth-order valence-corrected chi connectivity index (χ4v) is 2.61. The Bertz CT molecular complexity index is 720. The number of methoxy groups -OCH3 is 1. The Balaban J connectivity index is 1.99. The summed E-state index contributed by atoms with van der Waals surface area (Å²) in [7, 11) is 1.45. The molecule has 3 rings (SSSR count). The van der Waals surface area contributed by atoms with E-state index < -0.39 is 0 Å². The van der Waals surface area contributed by atoms with Crippen molar-refractivity contribution in [1.29, 1.82) is 0 Å². The molecular formula is C16H15FN2O3. The monoisotopic (exact) mass is 302 g/mol. The minimum atomic E-state index is -0.352. The lowest BCUT2D eigenvalue weighted by Gasteiger charge is -2.24. The van der Waals surface area contributed by atoms with E-state index in [2.05, 4.69) is 5.32 Å². The highest BCUT2D eigenvalue weighted by molar-refractivity contribution is 5.95. The van der Waals surface area contributed by atoms with E-state index in [0.717, 1.165) is 0 Å². The Kier molecular flexibility index (Phi) is 3.58. The predicted octanol–water partition coefficient (Wildman–Crippen LogP) is 2.81. The van der Waals surface area contributed by atoms with Gasteiger partial charge < -0.3 is 15.2 Å². The van der Waals surface area contributed by atoms with E-state index in [-0.39, 0.29) is 23.6 Å². The molecule has 0 radical (unpaired) electrons. The smallest absolute Gasteiger partial charge is 0.322 e. The second kappa shape index (κ2) is 5.55. The van der Waals surface area contributed by atoms with E-state index in [4.69, 9.17) is 4.74 Å². The number of benzene rings is 2. The van der Waals surface area contributed by atoms with Gasteiger partial charge >= 0.3 is 6.03 Å². The number of hydrogen-bond donors (Lipinski definition) is 2. The average molecular weight is 302 g/mol. The molecule has 2 aromatic rings. The first-order valence-corrected chi connectivity index (χ1v) is 6.79. The van der Waals surface area contributed by atoms with Crippen LogP contribution in [-0.4, -0.2) is 24.8 Å². The van der Waals surface area contributed by atoms with Gasteiger partial charge in [-0.15, -0.1) is 0 Å². The summed E-state index contributed by atoms with van der Waals surface area (Å²) in [5.41, 5.74) is 1.20. The van der Waals surface area contributed by atoms with Crippen LogP contribution < -0.4 is 15.0 Å². The van der Waals surface area contributed by atoms with Crippen molar-refractivity contribution in [2.45, 2.75) is 6.04 Å². The molecule has 1 fully saturated rings. The highest BCUT2D eigenvalue weighted by Crippen LogP contribution is 2.36. The molecule has 22 heavy (non-hydrogen) atoms. The van der Waals surface area contributed by atoms with E-state index in [0.29, 0.717) is 23.5 Å². The predicted molar refractivity (Wildman–Crippen MR) is 79.7 cm³/mol. The number of nitrogens with one attached hydrogen (secondary N) is 1. The number of amides is 2. The zero-order valence-electron chi connectivity index (χ0n) is 11.9. The summed E-state index contributed by atoms with van der Waals surface area (Å²) in [6, 6.07) is 10.2. The summed E-state index contributed by atoms with van der Waals surface area (Å²) >= 11 is 0. The summed E-state index contributed by atoms with van der Waals surface area (Å²) in [6.07, 6.45) is 0. The number of urea groups is 1. The minimum absolute atomic E-state index is 0.0577. The summed E-state index contributed by atoms with van der Waals surface area (Å²) < 4.78 is 18.4. The van der Waals surface area contributed by atoms with E-state index >= 15 is 0 Å². The van der Waals surface area contributed by atoms with Crippen LogP contribution in [0.2, 0.25) is 0 Å². The molecule has 1 aliphatic rings. The van der Waals surface area contributed by atoms with E-state index in [1.807, 2.05) is 0 Å². The summed E-state index contributed by atoms with van der Waals surface area (Å²) in [6.45, 7) is 0.370. The molecule has 0 bridgehead atoms. The highest BCUT2D eigenvalue weighted by Gasteiger charge is 2.33. The van der Waals surface area contributed by atoms with Crippen molar-refractivity contribution in [2.24, 2.45) is 0 Å². The molecule has 1 saturated heterocycles. The van der Waals surface area contributed by atoms with Gasteiger partial charge in [-0.2, -0.15) is 0 Å². The van der Waals surface area contributed by atoms with Crippen LogP contribution >= 0.6 is 0 Å². The first-order valence-electron chi connectivity index (χ1n) is 6.79. The number of phenolic OH excluding ortho intramolecular Hbond substituents is 1. The molecule has 2 amide bonds. The maximum atomic E-state index is 13.4. The van der Waals surface area contributed by atoms with Crippen LogP contribution in [0.15, 0.2) is 42.5 Å². The van der Waals surface area contributed by atoms with Crippen molar-refractivity contribution in [2.75, 3.05) is 18.6 Å². The topological polar surface area (TPSA) is 61.8 Å². The Morgan fingerprint density at radius 2 is 2.14 bits per heavy atom. The van der Waals surface area contributed by atoms with Gasteiger partial charge in [0.2, 0.25) is 0 Å². The van der Waals surface area contributed by atoms with Crippen LogP contribution in [0.3, 0.4) is 0 Å². The average Bonchev–Trinajstić information content (AvgIpc) is 2.89. The summed E-state index contributed by atoms with van der Waals surface area (Å²) in [5, 5.41) is 12.6. The maximum Gasteiger partial charge on any atom is 0.322 e. The van der Waals surface area contributed by atoms with Crippen molar-refractivity contribution in [3.63, 3.8) is 0 Å². The van der Waals surface area contributed by atoms with Gasteiger partial charge in [-0.05, 0) is 29.8 Å². The number of aromatic hydroxyl groups is 1. The van der Waals surface area contributed by atoms with Crippen LogP contribution in [0, 0.1) is 5.82 Å². The first kappa shape index (κ1) is 14.2. The molecule has 5 nitrogen and oxygen atoms in total. The number of hydrogen-bond acceptors (Lipinski definition) is 3. The lowest BCUT2D eigenvalue weighted by Crippen LogP contribution is -2.29. The number of anilines is 1. The fraction of sp³-hybridized carbons (Fsp3) is 0.188. The highest BCUT2D eigenvalue weighted by atomic mass is 19.1. The number of nitrogens with zero attached hydrogens (tertiary/aromatic N) is 1. The second-order valence-electron chi connectivity index (χ2n) is 4.98. The molecule has 1 unspecified atom stereocenters. The fourth-order valence-electron chi connectivity index (χ4n) is 2.61. The van der Waals surface area contributed by atoms with Crippen LogP contribution in [0.1, 0.15) is 11.6 Å². The van der Waals surface area contributed by atoms with E-state index in [1.54, 1.807) is 24.3 Å². The molecule has 1 heterocycles. The number of rotatable bonds is 3. The molecule has 2 N–H and O–H groups in total. The van der Waals surface area contributed by atoms with Gasteiger partial charge in [-0.3, -0.25) is 4.90 Å². The molecule has 6 heteroatoms. The van der Waals surface area contributed by atoms with E-state index in [1.165, 1.54) is 30.2 Å². The third-order valence-electron chi connectivity index (χ3n) is 3.65. The first-order chi connectivity index (χ1) is 10.6. The van der Waals surface area contributed by atoms with Gasteiger partial charge in [-0.25, -0.2) is 9.18 Å². The normalized spacial score (nSPS) is 17.5. The van der Waals surface area contributed by atoms with Crippen LogP contribution in [0.4, 0.5) is 14.9 Å². The number of ether oxygens (including phenoxy) is 1. The van der Waals surface area contributed by atoms with Crippen LogP contribution in [0.5, 0.6) is 11.5 Å². The number of carbonyl (C=O) groups is 1. The second-order valence-corrected chi connectivity index (χ2v) is 4.98. The van der Waals surface area contributed by atoms with E-state index in [9.17, 15) is 14.3 Å². The van der Waals surface area contributed by atoms with Gasteiger partial charge in [0.05, 0.1) is 18.8 Å². The largest absolute Gasteiger partial charge is 0.504 e. The molecule has 0 saturated carbocycles. The summed E-state index contributed by atoms with van der Waals surface area (Å²) in [5.74, 6) is -0.0854. The van der Waals surface area contributed by atoms with Crippen molar-refractivity contribution < 1.29 is 19.0 Å². The maximum absolute atomic E-state index is 13.4. The quantitative estimate of drug-likeness (QED) is 0.916. The third-order valence-corrected chi connectivity index (χ3v) is 3.65. The van der Waals surface area contributed by atoms with Crippen molar-refractivity contribution in [3.05, 3.63) is 53.8 Å². The number of phenols is 1. The van der Waals surface area contributed by atoms with Crippen molar-refractivity contribution in [1.82, 2.24) is 5.32 Å². The van der Waals surface area contributed by atoms with Gasteiger partial charge in [0.15, 0.2) is 11.5 Å². The minimum Gasteiger partial charge on any atom is -0.504 e.